The van der Waals surface area contributed by atoms with Crippen molar-refractivity contribution in [3.63, 3.8) is 0 Å². The lowest BCUT2D eigenvalue weighted by Crippen LogP contribution is -2.20. The summed E-state index contributed by atoms with van der Waals surface area (Å²) in [7, 11) is 1.95. The van der Waals surface area contributed by atoms with Gasteiger partial charge in [0.15, 0.2) is 0 Å². The van der Waals surface area contributed by atoms with Crippen LogP contribution in [0.4, 0.5) is 4.39 Å². The zero-order valence-electron chi connectivity index (χ0n) is 7.51. The second kappa shape index (κ2) is 3.68. The first-order valence-electron chi connectivity index (χ1n) is 4.39. The highest BCUT2D eigenvalue weighted by Gasteiger charge is 2.21. The van der Waals surface area contributed by atoms with Crippen molar-refractivity contribution < 1.29 is 4.39 Å². The van der Waals surface area contributed by atoms with Gasteiger partial charge in [0.05, 0.1) is 0 Å². The van der Waals surface area contributed by atoms with Gasteiger partial charge in [-0.05, 0) is 37.2 Å². The van der Waals surface area contributed by atoms with Gasteiger partial charge in [0.1, 0.15) is 5.82 Å². The molecular weight excluding hydrogens is 185 g/mol. The molecule has 0 radical (unpaired) electrons. The molecule has 1 nitrogen and oxygen atoms in total. The summed E-state index contributed by atoms with van der Waals surface area (Å²) in [5, 5.41) is 3.72. The molecule has 70 valence electrons. The second-order valence-corrected chi connectivity index (χ2v) is 4.60. The normalized spacial score (nSPS) is 20.3. The van der Waals surface area contributed by atoms with Gasteiger partial charge in [0.25, 0.3) is 0 Å². The molecule has 1 unspecified atom stereocenters. The fourth-order valence-electron chi connectivity index (χ4n) is 1.63. The molecule has 0 spiro atoms. The number of halogens is 1. The van der Waals surface area contributed by atoms with Crippen molar-refractivity contribution in [2.24, 2.45) is 0 Å². The number of nitrogens with one attached hydrogen (secondary N) is 1. The van der Waals surface area contributed by atoms with Gasteiger partial charge in [0.2, 0.25) is 0 Å². The first kappa shape index (κ1) is 9.03. The quantitative estimate of drug-likeness (QED) is 0.779. The average Bonchev–Trinajstić information content (AvgIpc) is 2.46. The molecule has 2 rings (SSSR count). The van der Waals surface area contributed by atoms with Gasteiger partial charge in [-0.3, -0.25) is 0 Å². The van der Waals surface area contributed by atoms with E-state index in [9.17, 15) is 4.39 Å². The molecule has 1 aromatic carbocycles. The maximum absolute atomic E-state index is 12.8. The summed E-state index contributed by atoms with van der Waals surface area (Å²) >= 11 is 1.84. The van der Waals surface area contributed by atoms with Crippen LogP contribution in [0.2, 0.25) is 0 Å². The molecule has 3 heteroatoms. The van der Waals surface area contributed by atoms with Crippen LogP contribution in [-0.2, 0) is 6.42 Å². The van der Waals surface area contributed by atoms with Crippen LogP contribution in [0.25, 0.3) is 0 Å². The van der Waals surface area contributed by atoms with E-state index < -0.39 is 0 Å². The maximum atomic E-state index is 12.8. The molecule has 1 atom stereocenters. The van der Waals surface area contributed by atoms with Crippen LogP contribution in [0.15, 0.2) is 23.1 Å². The Labute approximate surface area is 81.7 Å². The van der Waals surface area contributed by atoms with Crippen molar-refractivity contribution in [1.29, 1.82) is 0 Å². The molecule has 1 aliphatic heterocycles. The Balaban J connectivity index is 2.16. The largest absolute Gasteiger partial charge is 0.319 e. The molecule has 1 aromatic rings. The fourth-order valence-corrected chi connectivity index (χ4v) is 2.94. The molecule has 0 amide bonds. The summed E-state index contributed by atoms with van der Waals surface area (Å²) in [4.78, 5) is 1.24. The minimum atomic E-state index is -0.121. The first-order chi connectivity index (χ1) is 6.29. The Morgan fingerprint density at radius 2 is 2.46 bits per heavy atom. The number of rotatable bonds is 2. The van der Waals surface area contributed by atoms with Crippen molar-refractivity contribution in [2.45, 2.75) is 16.6 Å². The van der Waals surface area contributed by atoms with Crippen LogP contribution in [-0.4, -0.2) is 18.8 Å². The molecule has 0 bridgehead atoms. The van der Waals surface area contributed by atoms with E-state index in [-0.39, 0.29) is 5.82 Å². The summed E-state index contributed by atoms with van der Waals surface area (Å²) in [5.41, 5.74) is 1.16. The summed E-state index contributed by atoms with van der Waals surface area (Å²) in [6.07, 6.45) is 0.985. The minimum Gasteiger partial charge on any atom is -0.319 e. The van der Waals surface area contributed by atoms with Gasteiger partial charge >= 0.3 is 0 Å². The lowest BCUT2D eigenvalue weighted by Gasteiger charge is -2.05. The summed E-state index contributed by atoms with van der Waals surface area (Å²) in [6, 6.07) is 5.07. The molecule has 0 saturated carbocycles. The average molecular weight is 197 g/mol. The van der Waals surface area contributed by atoms with Gasteiger partial charge in [-0.2, -0.15) is 0 Å². The summed E-state index contributed by atoms with van der Waals surface area (Å²) in [6.45, 7) is 0.987. The minimum absolute atomic E-state index is 0.121. The fraction of sp³-hybridized carbons (Fsp3) is 0.400. The Hall–Kier alpha value is -0.540. The third-order valence-corrected chi connectivity index (χ3v) is 3.51. The number of benzene rings is 1. The Morgan fingerprint density at radius 1 is 1.62 bits per heavy atom. The monoisotopic (exact) mass is 197 g/mol. The summed E-state index contributed by atoms with van der Waals surface area (Å²) in [5.74, 6) is -0.121. The first-order valence-corrected chi connectivity index (χ1v) is 5.27. The highest BCUT2D eigenvalue weighted by Crippen LogP contribution is 2.36. The molecule has 13 heavy (non-hydrogen) atoms. The number of fused-ring (bicyclic) bond motifs is 1. The number of thioether (sulfide) groups is 1. The van der Waals surface area contributed by atoms with Crippen molar-refractivity contribution in [3.05, 3.63) is 29.6 Å². The van der Waals surface area contributed by atoms with Crippen LogP contribution in [0, 0.1) is 5.82 Å². The van der Waals surface area contributed by atoms with E-state index in [1.807, 2.05) is 24.9 Å². The number of hydrogen-bond donors (Lipinski definition) is 1. The standard InChI is InChI=1S/C10H12FNS/c1-12-6-9-5-7-4-8(11)2-3-10(7)13-9/h2-4,9,12H,5-6H2,1H3. The molecule has 1 aliphatic rings. The Bertz CT molecular complexity index is 314. The Kier molecular flexibility index (Phi) is 2.56. The van der Waals surface area contributed by atoms with Crippen molar-refractivity contribution >= 4 is 11.8 Å². The topological polar surface area (TPSA) is 12.0 Å². The molecule has 0 saturated heterocycles. The zero-order valence-corrected chi connectivity index (χ0v) is 8.33. The molecule has 0 aliphatic carbocycles. The predicted octanol–water partition coefficient (Wildman–Crippen LogP) is 2.06. The van der Waals surface area contributed by atoms with Crippen LogP contribution >= 0.6 is 11.8 Å². The molecule has 1 N–H and O–H groups in total. The summed E-state index contributed by atoms with van der Waals surface area (Å²) < 4.78 is 12.8. The van der Waals surface area contributed by atoms with Crippen LogP contribution in [0.5, 0.6) is 0 Å². The van der Waals surface area contributed by atoms with Gasteiger partial charge < -0.3 is 5.32 Å². The van der Waals surface area contributed by atoms with E-state index in [0.717, 1.165) is 18.5 Å². The van der Waals surface area contributed by atoms with Gasteiger partial charge in [-0.15, -0.1) is 11.8 Å². The third kappa shape index (κ3) is 1.86. The lowest BCUT2D eigenvalue weighted by molar-refractivity contribution is 0.623. The molecule has 0 aromatic heterocycles. The molecular formula is C10H12FNS. The SMILES string of the molecule is CNCC1Cc2cc(F)ccc2S1. The smallest absolute Gasteiger partial charge is 0.123 e. The predicted molar refractivity (Wildman–Crippen MR) is 53.7 cm³/mol. The van der Waals surface area contributed by atoms with Crippen LogP contribution < -0.4 is 5.32 Å². The third-order valence-electron chi connectivity index (χ3n) is 2.20. The van der Waals surface area contributed by atoms with Crippen LogP contribution in [0.3, 0.4) is 0 Å². The van der Waals surface area contributed by atoms with Crippen molar-refractivity contribution in [3.8, 4) is 0 Å². The van der Waals surface area contributed by atoms with Crippen molar-refractivity contribution in [1.82, 2.24) is 5.32 Å². The van der Waals surface area contributed by atoms with E-state index in [1.165, 1.54) is 11.0 Å². The zero-order chi connectivity index (χ0) is 9.26. The molecule has 1 heterocycles. The number of hydrogen-bond acceptors (Lipinski definition) is 2. The van der Waals surface area contributed by atoms with E-state index in [4.69, 9.17) is 0 Å². The molecule has 0 fully saturated rings. The highest BCUT2D eigenvalue weighted by molar-refractivity contribution is 8.00. The van der Waals surface area contributed by atoms with Crippen molar-refractivity contribution in [2.75, 3.05) is 13.6 Å². The van der Waals surface area contributed by atoms with E-state index in [1.54, 1.807) is 6.07 Å². The van der Waals surface area contributed by atoms with Gasteiger partial charge in [0, 0.05) is 16.7 Å². The van der Waals surface area contributed by atoms with E-state index in [0.29, 0.717) is 5.25 Å². The van der Waals surface area contributed by atoms with Gasteiger partial charge in [-0.25, -0.2) is 4.39 Å². The maximum Gasteiger partial charge on any atom is 0.123 e. The van der Waals surface area contributed by atoms with E-state index in [2.05, 4.69) is 5.32 Å². The Morgan fingerprint density at radius 3 is 3.23 bits per heavy atom. The van der Waals surface area contributed by atoms with Crippen LogP contribution in [0.1, 0.15) is 5.56 Å². The second-order valence-electron chi connectivity index (χ2n) is 3.25. The lowest BCUT2D eigenvalue weighted by atomic mass is 10.1. The van der Waals surface area contributed by atoms with E-state index >= 15 is 0 Å². The van der Waals surface area contributed by atoms with Gasteiger partial charge in [-0.1, -0.05) is 0 Å². The highest BCUT2D eigenvalue weighted by atomic mass is 32.2.